The average Bonchev–Trinajstić information content (AvgIpc) is 2.95. The van der Waals surface area contributed by atoms with Gasteiger partial charge < -0.3 is 10.6 Å². The number of carbonyl (C=O) groups excluding carboxylic acids is 2. The van der Waals surface area contributed by atoms with Crippen LogP contribution in [-0.2, 0) is 27.3 Å². The first-order chi connectivity index (χ1) is 14.0. The van der Waals surface area contributed by atoms with Crippen molar-refractivity contribution < 1.29 is 14.4 Å². The number of hydrogen-bond donors (Lipinski definition) is 1. The Morgan fingerprint density at radius 1 is 1.10 bits per heavy atom. The third-order valence-corrected chi connectivity index (χ3v) is 5.81. The second-order valence-electron chi connectivity index (χ2n) is 9.95. The molecule has 1 unspecified atom stereocenters. The summed E-state index contributed by atoms with van der Waals surface area (Å²) in [5.74, 6) is -0.349. The van der Waals surface area contributed by atoms with E-state index in [2.05, 4.69) is 13.8 Å². The van der Waals surface area contributed by atoms with Gasteiger partial charge in [-0.25, -0.2) is 4.79 Å². The van der Waals surface area contributed by atoms with Crippen LogP contribution in [0.2, 0.25) is 0 Å². The topological polar surface area (TPSA) is 75.9 Å². The van der Waals surface area contributed by atoms with Crippen molar-refractivity contribution in [2.24, 2.45) is 10.8 Å². The Morgan fingerprint density at radius 3 is 2.50 bits per heavy atom. The highest BCUT2D eigenvalue weighted by Gasteiger charge is 2.50. The minimum absolute atomic E-state index is 0.00461. The lowest BCUT2D eigenvalue weighted by Crippen LogP contribution is -2.61. The number of rotatable bonds is 2. The van der Waals surface area contributed by atoms with Gasteiger partial charge in [-0.1, -0.05) is 32.0 Å². The first-order valence-corrected chi connectivity index (χ1v) is 10.3. The predicted octanol–water partition coefficient (Wildman–Crippen LogP) is 4.08. The number of fused-ring (bicyclic) bond motifs is 2. The van der Waals surface area contributed by atoms with Crippen LogP contribution in [-0.4, -0.2) is 18.0 Å². The lowest BCUT2D eigenvalue weighted by molar-refractivity contribution is -0.157. The maximum atomic E-state index is 13.2. The van der Waals surface area contributed by atoms with Gasteiger partial charge in [0.25, 0.3) is 0 Å². The molecule has 0 fully saturated rings. The number of carbonyl (C=O) groups is 2. The van der Waals surface area contributed by atoms with Gasteiger partial charge in [-0.3, -0.25) is 9.69 Å². The van der Waals surface area contributed by atoms with Gasteiger partial charge >= 0.3 is 5.97 Å². The number of hydroxylamine groups is 1. The molecule has 0 aromatic heterocycles. The number of nitrogen functional groups attached to an aromatic ring is 1. The fourth-order valence-electron chi connectivity index (χ4n) is 4.32. The number of nitrogens with two attached hydrogens (primary N) is 1. The zero-order chi connectivity index (χ0) is 21.8. The minimum Gasteiger partial charge on any atom is -0.399 e. The molecule has 2 aromatic carbocycles. The van der Waals surface area contributed by atoms with E-state index < -0.39 is 17.0 Å². The highest BCUT2D eigenvalue weighted by molar-refractivity contribution is 6.02. The largest absolute Gasteiger partial charge is 0.399 e. The third kappa shape index (κ3) is 3.30. The normalized spacial score (nSPS) is 20.0. The van der Waals surface area contributed by atoms with Gasteiger partial charge in [0.05, 0.1) is 17.5 Å². The summed E-state index contributed by atoms with van der Waals surface area (Å²) in [7, 11) is 0. The maximum Gasteiger partial charge on any atom is 0.337 e. The van der Waals surface area contributed by atoms with Crippen molar-refractivity contribution in [2.75, 3.05) is 15.7 Å². The smallest absolute Gasteiger partial charge is 0.337 e. The first kappa shape index (κ1) is 20.3. The van der Waals surface area contributed by atoms with E-state index in [9.17, 15) is 9.59 Å². The number of anilines is 3. The molecule has 0 radical (unpaired) electrons. The van der Waals surface area contributed by atoms with Gasteiger partial charge in [-0.2, -0.15) is 5.06 Å². The van der Waals surface area contributed by atoms with Crippen molar-refractivity contribution in [3.05, 3.63) is 53.6 Å². The second-order valence-corrected chi connectivity index (χ2v) is 9.95. The van der Waals surface area contributed by atoms with Crippen molar-refractivity contribution in [3.8, 4) is 0 Å². The molecule has 2 aliphatic heterocycles. The first-order valence-electron chi connectivity index (χ1n) is 10.3. The van der Waals surface area contributed by atoms with E-state index in [0.29, 0.717) is 18.5 Å². The van der Waals surface area contributed by atoms with Crippen molar-refractivity contribution in [1.29, 1.82) is 0 Å². The van der Waals surface area contributed by atoms with E-state index in [1.807, 2.05) is 57.2 Å². The van der Waals surface area contributed by atoms with Crippen LogP contribution in [0.3, 0.4) is 0 Å². The molecule has 0 bridgehead atoms. The van der Waals surface area contributed by atoms with Gasteiger partial charge in [0.2, 0.25) is 5.91 Å². The zero-order valence-corrected chi connectivity index (χ0v) is 18.2. The summed E-state index contributed by atoms with van der Waals surface area (Å²) in [6, 6.07) is 13.4. The SMILES string of the molecule is CC(C)(C)C(=O)ON1c2ccc(N)cc2CC(C)(C)C1N1C(=O)Cc2ccccc21. The Kier molecular flexibility index (Phi) is 4.56. The quantitative estimate of drug-likeness (QED) is 0.759. The van der Waals surface area contributed by atoms with Gasteiger partial charge in [0, 0.05) is 16.8 Å². The summed E-state index contributed by atoms with van der Waals surface area (Å²) in [6.07, 6.45) is 0.572. The molecule has 1 amide bonds. The van der Waals surface area contributed by atoms with Crippen LogP contribution in [0.15, 0.2) is 42.5 Å². The molecule has 2 heterocycles. The van der Waals surface area contributed by atoms with Crippen molar-refractivity contribution in [3.63, 3.8) is 0 Å². The maximum absolute atomic E-state index is 13.2. The van der Waals surface area contributed by atoms with Crippen molar-refractivity contribution in [1.82, 2.24) is 0 Å². The summed E-state index contributed by atoms with van der Waals surface area (Å²) >= 11 is 0. The Morgan fingerprint density at radius 2 is 1.80 bits per heavy atom. The molecule has 0 saturated heterocycles. The van der Waals surface area contributed by atoms with Crippen LogP contribution in [0.5, 0.6) is 0 Å². The van der Waals surface area contributed by atoms with E-state index >= 15 is 0 Å². The minimum atomic E-state index is -0.687. The molecule has 0 aliphatic carbocycles. The molecular weight excluding hydrogens is 378 g/mol. The van der Waals surface area contributed by atoms with Gasteiger partial charge in [0.1, 0.15) is 0 Å². The fourth-order valence-corrected chi connectivity index (χ4v) is 4.32. The Balaban J connectivity index is 1.87. The lowest BCUT2D eigenvalue weighted by atomic mass is 9.78. The molecule has 0 spiro atoms. The Labute approximate surface area is 177 Å². The molecule has 4 rings (SSSR count). The molecule has 2 aromatic rings. The molecule has 6 heteroatoms. The van der Waals surface area contributed by atoms with E-state index in [0.717, 1.165) is 22.5 Å². The monoisotopic (exact) mass is 407 g/mol. The lowest BCUT2D eigenvalue weighted by Gasteiger charge is -2.50. The molecule has 2 aliphatic rings. The van der Waals surface area contributed by atoms with Gasteiger partial charge in [-0.15, -0.1) is 0 Å². The van der Waals surface area contributed by atoms with Crippen molar-refractivity contribution >= 4 is 28.9 Å². The fraction of sp³-hybridized carbons (Fsp3) is 0.417. The van der Waals surface area contributed by atoms with Crippen LogP contribution >= 0.6 is 0 Å². The molecular formula is C24H29N3O3. The van der Waals surface area contributed by atoms with Crippen LogP contribution in [0.1, 0.15) is 45.7 Å². The summed E-state index contributed by atoms with van der Waals surface area (Å²) in [5.41, 5.74) is 9.24. The highest BCUT2D eigenvalue weighted by atomic mass is 16.7. The molecule has 6 nitrogen and oxygen atoms in total. The molecule has 0 saturated carbocycles. The number of amides is 1. The van der Waals surface area contributed by atoms with Gasteiger partial charge in [-0.05, 0) is 62.6 Å². The number of nitrogens with zero attached hydrogens (tertiary/aromatic N) is 2. The van der Waals surface area contributed by atoms with E-state index in [1.54, 1.807) is 16.0 Å². The van der Waals surface area contributed by atoms with Crippen LogP contribution in [0.4, 0.5) is 17.1 Å². The van der Waals surface area contributed by atoms with E-state index in [4.69, 9.17) is 10.6 Å². The Hall–Kier alpha value is -3.02. The molecule has 2 N–H and O–H groups in total. The zero-order valence-electron chi connectivity index (χ0n) is 18.2. The third-order valence-electron chi connectivity index (χ3n) is 5.81. The summed E-state index contributed by atoms with van der Waals surface area (Å²) < 4.78 is 0. The average molecular weight is 408 g/mol. The molecule has 30 heavy (non-hydrogen) atoms. The van der Waals surface area contributed by atoms with Crippen LogP contribution < -0.4 is 15.7 Å². The number of para-hydroxylation sites is 1. The van der Waals surface area contributed by atoms with Crippen molar-refractivity contribution in [2.45, 2.75) is 53.6 Å². The van der Waals surface area contributed by atoms with E-state index in [1.165, 1.54) is 0 Å². The van der Waals surface area contributed by atoms with Gasteiger partial charge in [0.15, 0.2) is 6.17 Å². The summed E-state index contributed by atoms with van der Waals surface area (Å²) in [4.78, 5) is 33.9. The molecule has 1 atom stereocenters. The summed E-state index contributed by atoms with van der Waals surface area (Å²) in [6.45, 7) is 9.64. The standard InChI is InChI=1S/C24H29N3O3/c1-23(2,3)22(29)30-27-19-11-10-17(25)12-16(19)14-24(4,5)21(27)26-18-9-7-6-8-15(18)13-20(26)28/h6-12,21H,13-14,25H2,1-5H3. The molecule has 158 valence electrons. The predicted molar refractivity (Wildman–Crippen MR) is 118 cm³/mol. The van der Waals surface area contributed by atoms with Crippen LogP contribution in [0, 0.1) is 10.8 Å². The second kappa shape index (κ2) is 6.76. The number of hydrogen-bond acceptors (Lipinski definition) is 5. The number of benzene rings is 2. The van der Waals surface area contributed by atoms with Crippen LogP contribution in [0.25, 0.3) is 0 Å². The Bertz CT molecular complexity index is 1020. The summed E-state index contributed by atoms with van der Waals surface area (Å²) in [5, 5.41) is 1.63. The highest BCUT2D eigenvalue weighted by Crippen LogP contribution is 2.46. The van der Waals surface area contributed by atoms with E-state index in [-0.39, 0.29) is 11.9 Å².